The van der Waals surface area contributed by atoms with Crippen LogP contribution >= 0.6 is 0 Å². The van der Waals surface area contributed by atoms with Crippen LogP contribution in [0.4, 0.5) is 0 Å². The number of hydrogen-bond donors (Lipinski definition) is 2. The zero-order valence-electron chi connectivity index (χ0n) is 14.0. The maximum absolute atomic E-state index is 12.0. The van der Waals surface area contributed by atoms with Gasteiger partial charge in [0.25, 0.3) is 0 Å². The van der Waals surface area contributed by atoms with Crippen LogP contribution in [0, 0.1) is 0 Å². The van der Waals surface area contributed by atoms with Gasteiger partial charge in [0, 0.05) is 13.0 Å². The topological polar surface area (TPSA) is 76.7 Å². The van der Waals surface area contributed by atoms with E-state index in [1.54, 1.807) is 7.11 Å². The molecule has 1 fully saturated rings. The van der Waals surface area contributed by atoms with Crippen LogP contribution in [0.3, 0.4) is 0 Å². The number of carbonyl (C=O) groups is 2. The second-order valence-corrected chi connectivity index (χ2v) is 5.77. The molecule has 0 aliphatic carbocycles. The Balaban J connectivity index is 1.55. The van der Waals surface area contributed by atoms with E-state index in [0.717, 1.165) is 5.56 Å². The Kier molecular flexibility index (Phi) is 5.18. The first kappa shape index (κ1) is 16.8. The molecule has 1 aliphatic rings. The molecule has 0 saturated carbocycles. The summed E-state index contributed by atoms with van der Waals surface area (Å²) in [6.45, 7) is 0.403. The third kappa shape index (κ3) is 4.29. The molecular weight excluding hydrogens is 320 g/mol. The highest BCUT2D eigenvalue weighted by atomic mass is 16.5. The summed E-state index contributed by atoms with van der Waals surface area (Å²) in [4.78, 5) is 23.1. The van der Waals surface area contributed by atoms with Gasteiger partial charge in [0.2, 0.25) is 11.8 Å². The summed E-state index contributed by atoms with van der Waals surface area (Å²) in [5.41, 5.74) is 0.949. The van der Waals surface area contributed by atoms with Gasteiger partial charge in [-0.2, -0.15) is 0 Å². The zero-order valence-corrected chi connectivity index (χ0v) is 14.0. The first-order valence-corrected chi connectivity index (χ1v) is 8.12. The van der Waals surface area contributed by atoms with E-state index in [9.17, 15) is 9.59 Å². The molecule has 0 unspecified atom stereocenters. The van der Waals surface area contributed by atoms with E-state index in [4.69, 9.17) is 9.47 Å². The minimum Gasteiger partial charge on any atom is -0.493 e. The summed E-state index contributed by atoms with van der Waals surface area (Å²) in [7, 11) is 1.60. The number of ether oxygens (including phenoxy) is 2. The van der Waals surface area contributed by atoms with E-state index >= 15 is 0 Å². The molecule has 2 amide bonds. The largest absolute Gasteiger partial charge is 0.493 e. The molecule has 0 bridgehead atoms. The van der Waals surface area contributed by atoms with Gasteiger partial charge in [-0.15, -0.1) is 0 Å². The summed E-state index contributed by atoms with van der Waals surface area (Å²) in [5.74, 6) is 1.77. The first-order valence-electron chi connectivity index (χ1n) is 8.12. The summed E-state index contributed by atoms with van der Waals surface area (Å²) in [6, 6.07) is 14.5. The van der Waals surface area contributed by atoms with Crippen molar-refractivity contribution in [3.8, 4) is 17.2 Å². The zero-order chi connectivity index (χ0) is 17.6. The van der Waals surface area contributed by atoms with E-state index in [0.29, 0.717) is 36.6 Å². The fourth-order valence-corrected chi connectivity index (χ4v) is 2.63. The van der Waals surface area contributed by atoms with Crippen LogP contribution in [-0.4, -0.2) is 25.0 Å². The molecule has 3 rings (SSSR count). The van der Waals surface area contributed by atoms with Gasteiger partial charge in [0.1, 0.15) is 11.8 Å². The minimum atomic E-state index is -0.416. The molecule has 6 nitrogen and oxygen atoms in total. The lowest BCUT2D eigenvalue weighted by molar-refractivity contribution is -0.125. The number of para-hydroxylation sites is 2. The molecule has 0 spiro atoms. The maximum Gasteiger partial charge on any atom is 0.242 e. The van der Waals surface area contributed by atoms with Crippen molar-refractivity contribution in [2.24, 2.45) is 0 Å². The van der Waals surface area contributed by atoms with Gasteiger partial charge in [-0.25, -0.2) is 0 Å². The molecule has 1 aliphatic heterocycles. The second kappa shape index (κ2) is 7.70. The molecule has 0 aromatic heterocycles. The number of carbonyl (C=O) groups excluding carboxylic acids is 2. The maximum atomic E-state index is 12.0. The Morgan fingerprint density at radius 2 is 1.88 bits per heavy atom. The van der Waals surface area contributed by atoms with Gasteiger partial charge >= 0.3 is 0 Å². The van der Waals surface area contributed by atoms with Crippen molar-refractivity contribution >= 4 is 11.8 Å². The van der Waals surface area contributed by atoms with Crippen LogP contribution < -0.4 is 20.1 Å². The van der Waals surface area contributed by atoms with Crippen molar-refractivity contribution in [1.29, 1.82) is 0 Å². The highest BCUT2D eigenvalue weighted by Crippen LogP contribution is 2.30. The predicted molar refractivity (Wildman–Crippen MR) is 92.5 cm³/mol. The summed E-state index contributed by atoms with van der Waals surface area (Å²) < 4.78 is 11.1. The average molecular weight is 340 g/mol. The molecule has 2 aromatic carbocycles. The third-order valence-corrected chi connectivity index (χ3v) is 4.00. The van der Waals surface area contributed by atoms with Gasteiger partial charge in [-0.05, 0) is 36.2 Å². The average Bonchev–Trinajstić information content (AvgIpc) is 3.08. The molecule has 130 valence electrons. The number of rotatable bonds is 6. The van der Waals surface area contributed by atoms with Crippen molar-refractivity contribution in [3.05, 3.63) is 54.1 Å². The Hall–Kier alpha value is -3.02. The number of nitrogens with one attached hydrogen (secondary N) is 2. The normalized spacial score (nSPS) is 16.2. The minimum absolute atomic E-state index is 0.0713. The van der Waals surface area contributed by atoms with E-state index in [1.165, 1.54) is 0 Å². The molecule has 1 atom stereocenters. The van der Waals surface area contributed by atoms with Crippen LogP contribution in [0.15, 0.2) is 48.5 Å². The lowest BCUT2D eigenvalue weighted by atomic mass is 10.2. The van der Waals surface area contributed by atoms with Crippen LogP contribution in [0.5, 0.6) is 17.2 Å². The fraction of sp³-hybridized carbons (Fsp3) is 0.263. The lowest BCUT2D eigenvalue weighted by Crippen LogP contribution is -2.41. The highest BCUT2D eigenvalue weighted by molar-refractivity contribution is 5.90. The molecule has 1 saturated heterocycles. The molecule has 2 aromatic rings. The third-order valence-electron chi connectivity index (χ3n) is 4.00. The van der Waals surface area contributed by atoms with Crippen molar-refractivity contribution < 1.29 is 19.1 Å². The molecule has 25 heavy (non-hydrogen) atoms. The van der Waals surface area contributed by atoms with E-state index in [1.807, 2.05) is 48.5 Å². The van der Waals surface area contributed by atoms with E-state index < -0.39 is 6.04 Å². The van der Waals surface area contributed by atoms with Crippen LogP contribution in [0.25, 0.3) is 0 Å². The Bertz CT molecular complexity index is 758. The molecule has 2 N–H and O–H groups in total. The van der Waals surface area contributed by atoms with Gasteiger partial charge in [0.15, 0.2) is 11.5 Å². The quantitative estimate of drug-likeness (QED) is 0.846. The Morgan fingerprint density at radius 1 is 1.16 bits per heavy atom. The Morgan fingerprint density at radius 3 is 2.52 bits per heavy atom. The predicted octanol–water partition coefficient (Wildman–Crippen LogP) is 2.38. The fourth-order valence-electron chi connectivity index (χ4n) is 2.63. The van der Waals surface area contributed by atoms with Crippen LogP contribution in [0.1, 0.15) is 18.4 Å². The molecular formula is C19H20N2O4. The summed E-state index contributed by atoms with van der Waals surface area (Å²) in [6.07, 6.45) is 0.962. The second-order valence-electron chi connectivity index (χ2n) is 5.77. The lowest BCUT2D eigenvalue weighted by Gasteiger charge is -2.12. The highest BCUT2D eigenvalue weighted by Gasteiger charge is 2.26. The number of benzene rings is 2. The monoisotopic (exact) mass is 340 g/mol. The smallest absolute Gasteiger partial charge is 0.242 e. The van der Waals surface area contributed by atoms with Crippen LogP contribution in [-0.2, 0) is 16.1 Å². The van der Waals surface area contributed by atoms with E-state index in [2.05, 4.69) is 10.6 Å². The molecule has 6 heteroatoms. The first-order chi connectivity index (χ1) is 12.2. The number of amides is 2. The van der Waals surface area contributed by atoms with Gasteiger partial charge in [-0.1, -0.05) is 24.3 Å². The van der Waals surface area contributed by atoms with Gasteiger partial charge in [0.05, 0.1) is 7.11 Å². The number of hydrogen-bond acceptors (Lipinski definition) is 4. The van der Waals surface area contributed by atoms with E-state index in [-0.39, 0.29) is 11.8 Å². The van der Waals surface area contributed by atoms with Gasteiger partial charge in [-0.3, -0.25) is 9.59 Å². The van der Waals surface area contributed by atoms with Crippen molar-refractivity contribution in [2.45, 2.75) is 25.4 Å². The summed E-state index contributed by atoms with van der Waals surface area (Å²) >= 11 is 0. The number of methoxy groups -OCH3 is 1. The SMILES string of the molecule is COc1ccccc1Oc1ccc(CNC(=O)[C@@H]2CCC(=O)N2)cc1. The standard InChI is InChI=1S/C19H20N2O4/c1-24-16-4-2-3-5-17(16)25-14-8-6-13(7-9-14)12-20-19(23)15-10-11-18(22)21-15/h2-9,15H,10-12H2,1H3,(H,20,23)(H,21,22)/t15-/m0/s1. The summed E-state index contributed by atoms with van der Waals surface area (Å²) in [5, 5.41) is 5.49. The van der Waals surface area contributed by atoms with Crippen molar-refractivity contribution in [3.63, 3.8) is 0 Å². The van der Waals surface area contributed by atoms with Crippen molar-refractivity contribution in [2.75, 3.05) is 7.11 Å². The van der Waals surface area contributed by atoms with Gasteiger partial charge < -0.3 is 20.1 Å². The molecule has 1 heterocycles. The molecule has 0 radical (unpaired) electrons. The van der Waals surface area contributed by atoms with Crippen LogP contribution in [0.2, 0.25) is 0 Å². The van der Waals surface area contributed by atoms with Crippen molar-refractivity contribution in [1.82, 2.24) is 10.6 Å². The Labute approximate surface area is 146 Å².